The maximum Gasteiger partial charge on any atom is 0.173 e. The number of hydrogen-bond acceptors (Lipinski definition) is 3. The summed E-state index contributed by atoms with van der Waals surface area (Å²) < 4.78 is 6.70. The Labute approximate surface area is 150 Å². The van der Waals surface area contributed by atoms with E-state index in [2.05, 4.69) is 15.7 Å². The lowest BCUT2D eigenvalue weighted by Gasteiger charge is -2.08. The van der Waals surface area contributed by atoms with Gasteiger partial charge >= 0.3 is 0 Å². The van der Waals surface area contributed by atoms with Gasteiger partial charge in [-0.1, -0.05) is 41.4 Å². The Balaban J connectivity index is 1.93. The molecule has 0 aliphatic carbocycles. The molecular formula is C15H18Cl2N4OS. The summed E-state index contributed by atoms with van der Waals surface area (Å²) in [5, 5.41) is 12.1. The van der Waals surface area contributed by atoms with Crippen LogP contribution in [0, 0.1) is 0 Å². The molecule has 0 aliphatic rings. The first-order valence-corrected chi connectivity index (χ1v) is 8.26. The fourth-order valence-corrected chi connectivity index (χ4v) is 2.53. The second-order valence-corrected chi connectivity index (χ2v) is 6.06. The van der Waals surface area contributed by atoms with Crippen molar-refractivity contribution in [1.82, 2.24) is 15.1 Å². The number of ether oxygens (including phenoxy) is 1. The molecule has 2 aromatic rings. The third kappa shape index (κ3) is 5.66. The number of halogens is 2. The van der Waals surface area contributed by atoms with Gasteiger partial charge in [0.05, 0.1) is 6.54 Å². The van der Waals surface area contributed by atoms with Gasteiger partial charge in [-0.3, -0.25) is 4.68 Å². The Kier molecular flexibility index (Phi) is 7.11. The molecule has 1 aromatic heterocycles. The molecule has 0 unspecified atom stereocenters. The van der Waals surface area contributed by atoms with Crippen LogP contribution in [0.3, 0.4) is 0 Å². The fourth-order valence-electron chi connectivity index (χ4n) is 1.93. The number of rotatable bonds is 7. The van der Waals surface area contributed by atoms with Crippen molar-refractivity contribution in [3.63, 3.8) is 0 Å². The molecule has 0 aliphatic heterocycles. The van der Waals surface area contributed by atoms with Gasteiger partial charge in [0.1, 0.15) is 5.02 Å². The highest BCUT2D eigenvalue weighted by Gasteiger charge is 2.09. The van der Waals surface area contributed by atoms with Gasteiger partial charge in [0, 0.05) is 31.5 Å². The quantitative estimate of drug-likeness (QED) is 0.574. The molecule has 0 atom stereocenters. The van der Waals surface area contributed by atoms with E-state index in [1.807, 2.05) is 24.3 Å². The smallest absolute Gasteiger partial charge is 0.173 e. The maximum atomic E-state index is 6.19. The van der Waals surface area contributed by atoms with Crippen LogP contribution < -0.4 is 10.6 Å². The topological polar surface area (TPSA) is 51.1 Å². The van der Waals surface area contributed by atoms with E-state index in [9.17, 15) is 0 Å². The van der Waals surface area contributed by atoms with E-state index in [1.54, 1.807) is 18.0 Å². The Morgan fingerprint density at radius 1 is 1.30 bits per heavy atom. The van der Waals surface area contributed by atoms with Crippen LogP contribution in [0.5, 0.6) is 0 Å². The van der Waals surface area contributed by atoms with E-state index in [1.165, 1.54) is 0 Å². The zero-order valence-corrected chi connectivity index (χ0v) is 15.0. The van der Waals surface area contributed by atoms with Crippen LogP contribution in [0.15, 0.2) is 30.5 Å². The van der Waals surface area contributed by atoms with Crippen LogP contribution in [0.1, 0.15) is 12.0 Å². The number of nitrogens with one attached hydrogen (secondary N) is 2. The maximum absolute atomic E-state index is 6.19. The molecule has 1 heterocycles. The summed E-state index contributed by atoms with van der Waals surface area (Å²) in [5.41, 5.74) is 0.972. The van der Waals surface area contributed by atoms with Crippen molar-refractivity contribution in [3.8, 4) is 0 Å². The fraction of sp³-hybridized carbons (Fsp3) is 0.333. The second-order valence-electron chi connectivity index (χ2n) is 4.84. The minimum Gasteiger partial charge on any atom is -0.385 e. The number of aromatic nitrogens is 2. The molecule has 0 radical (unpaired) electrons. The van der Waals surface area contributed by atoms with E-state index < -0.39 is 0 Å². The van der Waals surface area contributed by atoms with Crippen LogP contribution >= 0.6 is 35.4 Å². The van der Waals surface area contributed by atoms with E-state index in [0.29, 0.717) is 34.1 Å². The highest BCUT2D eigenvalue weighted by atomic mass is 35.5. The van der Waals surface area contributed by atoms with Crippen molar-refractivity contribution >= 4 is 46.4 Å². The lowest BCUT2D eigenvalue weighted by molar-refractivity contribution is 0.196. The molecule has 2 rings (SSSR count). The largest absolute Gasteiger partial charge is 0.385 e. The van der Waals surface area contributed by atoms with Crippen LogP contribution in [0.2, 0.25) is 10.0 Å². The highest BCUT2D eigenvalue weighted by Crippen LogP contribution is 2.21. The average Bonchev–Trinajstić information content (AvgIpc) is 2.86. The van der Waals surface area contributed by atoms with E-state index in [0.717, 1.165) is 18.5 Å². The number of hydrogen-bond donors (Lipinski definition) is 2. The van der Waals surface area contributed by atoms with Crippen molar-refractivity contribution in [2.45, 2.75) is 13.0 Å². The molecule has 8 heteroatoms. The summed E-state index contributed by atoms with van der Waals surface area (Å²) in [7, 11) is 1.67. The third-order valence-corrected chi connectivity index (χ3v) is 3.94. The average molecular weight is 373 g/mol. The van der Waals surface area contributed by atoms with E-state index >= 15 is 0 Å². The molecule has 0 spiro atoms. The van der Waals surface area contributed by atoms with Crippen molar-refractivity contribution in [3.05, 3.63) is 46.1 Å². The summed E-state index contributed by atoms with van der Waals surface area (Å²) >= 11 is 17.6. The van der Waals surface area contributed by atoms with Gasteiger partial charge in [0.25, 0.3) is 0 Å². The van der Waals surface area contributed by atoms with E-state index in [4.69, 9.17) is 40.2 Å². The van der Waals surface area contributed by atoms with Crippen LogP contribution in [0.25, 0.3) is 0 Å². The lowest BCUT2D eigenvalue weighted by Crippen LogP contribution is -2.30. The molecule has 124 valence electrons. The molecule has 0 saturated carbocycles. The molecule has 0 saturated heterocycles. The number of methoxy groups -OCH3 is 1. The molecule has 5 nitrogen and oxygen atoms in total. The summed E-state index contributed by atoms with van der Waals surface area (Å²) in [5.74, 6) is 0.517. The second kappa shape index (κ2) is 9.08. The first-order valence-electron chi connectivity index (χ1n) is 7.10. The normalized spacial score (nSPS) is 10.6. The first-order chi connectivity index (χ1) is 11.1. The zero-order valence-electron chi connectivity index (χ0n) is 12.7. The predicted octanol–water partition coefficient (Wildman–Crippen LogP) is 3.56. The van der Waals surface area contributed by atoms with Gasteiger partial charge in [-0.15, -0.1) is 0 Å². The number of thiocarbonyl (C=S) groups is 1. The first kappa shape index (κ1) is 18.0. The van der Waals surface area contributed by atoms with Gasteiger partial charge in [-0.05, 0) is 30.3 Å². The van der Waals surface area contributed by atoms with Crippen molar-refractivity contribution in [2.24, 2.45) is 0 Å². The van der Waals surface area contributed by atoms with Gasteiger partial charge in [-0.2, -0.15) is 5.10 Å². The molecule has 0 fully saturated rings. The van der Waals surface area contributed by atoms with Gasteiger partial charge < -0.3 is 15.4 Å². The monoisotopic (exact) mass is 372 g/mol. The minimum atomic E-state index is 0.478. The summed E-state index contributed by atoms with van der Waals surface area (Å²) in [6.45, 7) is 1.94. The third-order valence-electron chi connectivity index (χ3n) is 3.05. The highest BCUT2D eigenvalue weighted by molar-refractivity contribution is 7.80. The number of anilines is 1. The molecule has 0 amide bonds. The van der Waals surface area contributed by atoms with Crippen molar-refractivity contribution in [1.29, 1.82) is 0 Å². The number of benzene rings is 1. The standard InChI is InChI=1S/C15H18Cl2N4OS/c1-22-8-4-7-18-15(23)19-14-13(17)10-21(20-14)9-11-5-2-3-6-12(11)16/h2-3,5-6,10H,4,7-9H2,1H3,(H2,18,19,20,23). The summed E-state index contributed by atoms with van der Waals surface area (Å²) in [6.07, 6.45) is 2.60. The van der Waals surface area contributed by atoms with Gasteiger partial charge in [-0.25, -0.2) is 0 Å². The Hall–Kier alpha value is -1.34. The predicted molar refractivity (Wildman–Crippen MR) is 98.5 cm³/mol. The lowest BCUT2D eigenvalue weighted by atomic mass is 10.2. The molecule has 1 aromatic carbocycles. The molecule has 2 N–H and O–H groups in total. The summed E-state index contributed by atoms with van der Waals surface area (Å²) in [4.78, 5) is 0. The Morgan fingerprint density at radius 2 is 2.09 bits per heavy atom. The van der Waals surface area contributed by atoms with E-state index in [-0.39, 0.29) is 0 Å². The molecular weight excluding hydrogens is 355 g/mol. The van der Waals surface area contributed by atoms with Gasteiger partial charge in [0.2, 0.25) is 0 Å². The number of nitrogens with zero attached hydrogens (tertiary/aromatic N) is 2. The Morgan fingerprint density at radius 3 is 2.83 bits per heavy atom. The summed E-state index contributed by atoms with van der Waals surface area (Å²) in [6, 6.07) is 7.63. The van der Waals surface area contributed by atoms with Crippen molar-refractivity contribution < 1.29 is 4.74 Å². The SMILES string of the molecule is COCCCNC(=S)Nc1nn(Cc2ccccc2Cl)cc1Cl. The van der Waals surface area contributed by atoms with Crippen LogP contribution in [-0.4, -0.2) is 35.2 Å². The Bertz CT molecular complexity index is 663. The minimum absolute atomic E-state index is 0.478. The van der Waals surface area contributed by atoms with Crippen LogP contribution in [-0.2, 0) is 11.3 Å². The molecule has 23 heavy (non-hydrogen) atoms. The van der Waals surface area contributed by atoms with Crippen LogP contribution in [0.4, 0.5) is 5.82 Å². The molecule has 0 bridgehead atoms. The van der Waals surface area contributed by atoms with Gasteiger partial charge in [0.15, 0.2) is 10.9 Å². The van der Waals surface area contributed by atoms with Crippen molar-refractivity contribution in [2.75, 3.05) is 25.6 Å². The zero-order chi connectivity index (χ0) is 16.7.